The summed E-state index contributed by atoms with van der Waals surface area (Å²) in [5.41, 5.74) is 1.43. The lowest BCUT2D eigenvalue weighted by atomic mass is 9.95. The fourth-order valence-corrected chi connectivity index (χ4v) is 4.35. The molecule has 3 aliphatic rings. The number of nitrogens with zero attached hydrogens (tertiary/aromatic N) is 6. The van der Waals surface area contributed by atoms with Crippen molar-refractivity contribution in [1.82, 2.24) is 29.4 Å². The summed E-state index contributed by atoms with van der Waals surface area (Å²) < 4.78 is 6.98. The molecule has 1 amide bonds. The Morgan fingerprint density at radius 2 is 2.15 bits per heavy atom. The van der Waals surface area contributed by atoms with Gasteiger partial charge in [0.15, 0.2) is 0 Å². The third kappa shape index (κ3) is 3.55. The Morgan fingerprint density at radius 3 is 2.93 bits per heavy atom. The molecule has 3 fully saturated rings. The quantitative estimate of drug-likeness (QED) is 0.790. The minimum Gasteiger partial charge on any atom is -0.383 e. The van der Waals surface area contributed by atoms with Gasteiger partial charge in [-0.3, -0.25) is 9.69 Å². The van der Waals surface area contributed by atoms with E-state index in [0.29, 0.717) is 23.4 Å². The average molecular weight is 372 g/mol. The van der Waals surface area contributed by atoms with Crippen LogP contribution in [-0.4, -0.2) is 81.2 Å². The summed E-state index contributed by atoms with van der Waals surface area (Å²) in [6.07, 6.45) is 3.82. The zero-order valence-corrected chi connectivity index (χ0v) is 16.3. The number of carbonyl (C=O) groups is 1. The normalized spacial score (nSPS) is 23.3. The SMILES string of the molecule is COCCN1C[C@@H]2CC[C@H]1CN(C(=O)c1cc(C(C)C)n3ncnc3n1)C2. The van der Waals surface area contributed by atoms with Gasteiger partial charge in [0.25, 0.3) is 11.7 Å². The third-order valence-electron chi connectivity index (χ3n) is 5.79. The van der Waals surface area contributed by atoms with E-state index in [1.54, 1.807) is 11.6 Å². The van der Waals surface area contributed by atoms with Crippen LogP contribution in [-0.2, 0) is 4.74 Å². The predicted octanol–water partition coefficient (Wildman–Crippen LogP) is 1.43. The van der Waals surface area contributed by atoms with Crippen LogP contribution in [0, 0.1) is 5.92 Å². The number of methoxy groups -OCH3 is 1. The molecule has 0 N–H and O–H groups in total. The van der Waals surface area contributed by atoms with Crippen LogP contribution in [0.4, 0.5) is 0 Å². The van der Waals surface area contributed by atoms with E-state index in [2.05, 4.69) is 33.8 Å². The van der Waals surface area contributed by atoms with Crippen molar-refractivity contribution in [3.63, 3.8) is 0 Å². The van der Waals surface area contributed by atoms with Crippen LogP contribution in [0.2, 0.25) is 0 Å². The molecule has 2 bridgehead atoms. The molecule has 8 nitrogen and oxygen atoms in total. The minimum absolute atomic E-state index is 0.00731. The maximum atomic E-state index is 13.3. The van der Waals surface area contributed by atoms with Crippen LogP contribution >= 0.6 is 0 Å². The van der Waals surface area contributed by atoms with Gasteiger partial charge in [-0.15, -0.1) is 0 Å². The molecule has 2 atom stereocenters. The second-order valence-corrected chi connectivity index (χ2v) is 7.99. The largest absolute Gasteiger partial charge is 0.383 e. The lowest BCUT2D eigenvalue weighted by Crippen LogP contribution is -2.45. The van der Waals surface area contributed by atoms with Gasteiger partial charge in [0.2, 0.25) is 0 Å². The zero-order chi connectivity index (χ0) is 19.0. The second kappa shape index (κ2) is 7.52. The number of ether oxygens (including phenoxy) is 1. The van der Waals surface area contributed by atoms with Crippen LogP contribution in [0.15, 0.2) is 12.4 Å². The number of aromatic nitrogens is 4. The molecular weight excluding hydrogens is 344 g/mol. The number of fused-ring (bicyclic) bond motifs is 5. The van der Waals surface area contributed by atoms with Crippen molar-refractivity contribution >= 4 is 11.7 Å². The monoisotopic (exact) mass is 372 g/mol. The summed E-state index contributed by atoms with van der Waals surface area (Å²) in [4.78, 5) is 26.5. The number of rotatable bonds is 5. The first-order valence-corrected chi connectivity index (χ1v) is 9.79. The molecule has 0 aliphatic carbocycles. The van der Waals surface area contributed by atoms with Crippen molar-refractivity contribution < 1.29 is 9.53 Å². The van der Waals surface area contributed by atoms with E-state index < -0.39 is 0 Å². The number of hydrogen-bond donors (Lipinski definition) is 0. The number of carbonyl (C=O) groups excluding carboxylic acids is 1. The van der Waals surface area contributed by atoms with Crippen molar-refractivity contribution in [3.8, 4) is 0 Å². The molecule has 0 unspecified atom stereocenters. The Kier molecular flexibility index (Phi) is 5.10. The molecule has 27 heavy (non-hydrogen) atoms. The van der Waals surface area contributed by atoms with E-state index in [1.165, 1.54) is 12.7 Å². The molecule has 3 aliphatic heterocycles. The maximum Gasteiger partial charge on any atom is 0.272 e. The van der Waals surface area contributed by atoms with Gasteiger partial charge in [0.05, 0.1) is 12.3 Å². The molecule has 2 aromatic heterocycles. The van der Waals surface area contributed by atoms with Crippen molar-refractivity contribution in [2.45, 2.75) is 38.6 Å². The van der Waals surface area contributed by atoms with E-state index in [4.69, 9.17) is 4.74 Å². The van der Waals surface area contributed by atoms with Gasteiger partial charge in [0.1, 0.15) is 12.0 Å². The van der Waals surface area contributed by atoms with Gasteiger partial charge in [-0.05, 0) is 30.7 Å². The molecule has 2 aromatic rings. The fourth-order valence-electron chi connectivity index (χ4n) is 4.35. The van der Waals surface area contributed by atoms with Crippen LogP contribution in [0.1, 0.15) is 48.8 Å². The summed E-state index contributed by atoms with van der Waals surface area (Å²) in [6, 6.07) is 2.29. The number of piperidine rings is 1. The lowest BCUT2D eigenvalue weighted by molar-refractivity contribution is 0.0712. The van der Waals surface area contributed by atoms with Crippen molar-refractivity contribution in [2.75, 3.05) is 39.9 Å². The highest BCUT2D eigenvalue weighted by molar-refractivity contribution is 5.93. The van der Waals surface area contributed by atoms with Crippen LogP contribution in [0.25, 0.3) is 5.78 Å². The summed E-state index contributed by atoms with van der Waals surface area (Å²) in [5, 5.41) is 4.24. The van der Waals surface area contributed by atoms with Crippen LogP contribution < -0.4 is 0 Å². The molecule has 0 saturated carbocycles. The molecule has 8 heteroatoms. The molecule has 0 radical (unpaired) electrons. The molecule has 0 spiro atoms. The van der Waals surface area contributed by atoms with Crippen LogP contribution in [0.5, 0.6) is 0 Å². The van der Waals surface area contributed by atoms with Gasteiger partial charge < -0.3 is 9.64 Å². The highest BCUT2D eigenvalue weighted by Gasteiger charge is 2.36. The van der Waals surface area contributed by atoms with Crippen molar-refractivity contribution in [2.24, 2.45) is 5.92 Å². The standard InChI is InChI=1S/C19H28N6O2/c1-13(2)17-8-16(22-19-20-12-21-25(17)19)18(26)24-10-14-4-5-15(11-24)23(9-14)6-7-27-3/h8,12-15H,4-7,9-11H2,1-3H3/t14-,15-/m0/s1. The molecule has 5 rings (SSSR count). The van der Waals surface area contributed by atoms with Crippen LogP contribution in [0.3, 0.4) is 0 Å². The summed E-state index contributed by atoms with van der Waals surface area (Å²) in [7, 11) is 1.74. The number of hydrogen-bond acceptors (Lipinski definition) is 6. The predicted molar refractivity (Wildman–Crippen MR) is 101 cm³/mol. The van der Waals surface area contributed by atoms with Crippen molar-refractivity contribution in [1.29, 1.82) is 0 Å². The summed E-state index contributed by atoms with van der Waals surface area (Å²) in [6.45, 7) is 8.45. The van der Waals surface area contributed by atoms with Gasteiger partial charge in [-0.25, -0.2) is 9.50 Å². The Hall–Kier alpha value is -2.06. The molecular formula is C19H28N6O2. The van der Waals surface area contributed by atoms with E-state index >= 15 is 0 Å². The first kappa shape index (κ1) is 18.3. The molecule has 5 heterocycles. The fraction of sp³-hybridized carbons (Fsp3) is 0.684. The van der Waals surface area contributed by atoms with E-state index in [0.717, 1.165) is 44.9 Å². The minimum atomic E-state index is 0.00731. The second-order valence-electron chi connectivity index (χ2n) is 7.99. The maximum absolute atomic E-state index is 13.3. The van der Waals surface area contributed by atoms with E-state index in [9.17, 15) is 4.79 Å². The molecule has 0 aromatic carbocycles. The summed E-state index contributed by atoms with van der Waals surface area (Å²) in [5.74, 6) is 1.25. The highest BCUT2D eigenvalue weighted by atomic mass is 16.5. The Bertz CT molecular complexity index is 820. The lowest BCUT2D eigenvalue weighted by Gasteiger charge is -2.35. The summed E-state index contributed by atoms with van der Waals surface area (Å²) >= 11 is 0. The van der Waals surface area contributed by atoms with Gasteiger partial charge >= 0.3 is 0 Å². The third-order valence-corrected chi connectivity index (χ3v) is 5.79. The van der Waals surface area contributed by atoms with Gasteiger partial charge in [-0.2, -0.15) is 10.1 Å². The average Bonchev–Trinajstić information content (AvgIpc) is 2.95. The Morgan fingerprint density at radius 1 is 1.30 bits per heavy atom. The smallest absolute Gasteiger partial charge is 0.272 e. The van der Waals surface area contributed by atoms with E-state index in [-0.39, 0.29) is 11.8 Å². The zero-order valence-electron chi connectivity index (χ0n) is 16.3. The highest BCUT2D eigenvalue weighted by Crippen LogP contribution is 2.28. The topological polar surface area (TPSA) is 75.9 Å². The van der Waals surface area contributed by atoms with E-state index in [1.807, 2.05) is 11.0 Å². The molecule has 146 valence electrons. The number of amides is 1. The van der Waals surface area contributed by atoms with Gasteiger partial charge in [-0.1, -0.05) is 13.8 Å². The Labute approximate surface area is 159 Å². The first-order chi connectivity index (χ1) is 13.1. The Balaban J connectivity index is 1.59. The first-order valence-electron chi connectivity index (χ1n) is 9.79. The van der Waals surface area contributed by atoms with Crippen molar-refractivity contribution in [3.05, 3.63) is 23.8 Å². The van der Waals surface area contributed by atoms with Gasteiger partial charge in [0, 0.05) is 39.3 Å². The molecule has 3 saturated heterocycles.